The van der Waals surface area contributed by atoms with Crippen LogP contribution in [0.4, 0.5) is 8.78 Å². The van der Waals surface area contributed by atoms with E-state index in [-0.39, 0.29) is 44.2 Å². The summed E-state index contributed by atoms with van der Waals surface area (Å²) in [6.07, 6.45) is 0.329. The summed E-state index contributed by atoms with van der Waals surface area (Å²) in [6, 6.07) is 3.28. The third kappa shape index (κ3) is 7.73. The van der Waals surface area contributed by atoms with Crippen LogP contribution in [0.1, 0.15) is 38.2 Å². The van der Waals surface area contributed by atoms with Crippen LogP contribution in [-0.2, 0) is 20.9 Å². The summed E-state index contributed by atoms with van der Waals surface area (Å²) in [5, 5.41) is 11.4. The molecule has 0 aliphatic heterocycles. The van der Waals surface area contributed by atoms with Gasteiger partial charge >= 0.3 is 5.97 Å². The molecule has 1 rings (SSSR count). The van der Waals surface area contributed by atoms with Gasteiger partial charge in [-0.15, -0.1) is 0 Å². The van der Waals surface area contributed by atoms with Gasteiger partial charge in [-0.1, -0.05) is 6.07 Å². The van der Waals surface area contributed by atoms with E-state index in [0.29, 0.717) is 18.5 Å². The lowest BCUT2D eigenvalue weighted by molar-refractivity contribution is -0.138. The summed E-state index contributed by atoms with van der Waals surface area (Å²) < 4.78 is 26.3. The first-order valence-corrected chi connectivity index (χ1v) is 8.03. The summed E-state index contributed by atoms with van der Waals surface area (Å²) >= 11 is 0. The SMILES string of the molecule is CCNC(=O)CCCC(=O)N(CCC(=O)O)Cc1ccc(F)c(F)c1. The van der Waals surface area contributed by atoms with E-state index in [4.69, 9.17) is 5.11 Å². The number of carboxylic acid groups (broad SMARTS) is 1. The molecule has 0 aliphatic rings. The van der Waals surface area contributed by atoms with Crippen molar-refractivity contribution in [2.24, 2.45) is 0 Å². The third-order valence-electron chi connectivity index (χ3n) is 3.47. The van der Waals surface area contributed by atoms with Crippen LogP contribution in [-0.4, -0.2) is 40.9 Å². The smallest absolute Gasteiger partial charge is 0.305 e. The number of carboxylic acids is 1. The number of nitrogens with one attached hydrogen (secondary N) is 1. The third-order valence-corrected chi connectivity index (χ3v) is 3.47. The molecule has 0 fully saturated rings. The highest BCUT2D eigenvalue weighted by atomic mass is 19.2. The van der Waals surface area contributed by atoms with Gasteiger partial charge in [-0.25, -0.2) is 8.78 Å². The van der Waals surface area contributed by atoms with E-state index in [1.54, 1.807) is 6.92 Å². The van der Waals surface area contributed by atoms with Gasteiger partial charge in [-0.05, 0) is 31.0 Å². The predicted molar refractivity (Wildman–Crippen MR) is 86.6 cm³/mol. The van der Waals surface area contributed by atoms with E-state index >= 15 is 0 Å². The number of carbonyl (C=O) groups excluding carboxylic acids is 2. The number of rotatable bonds is 10. The molecule has 0 bridgehead atoms. The summed E-state index contributed by atoms with van der Waals surface area (Å²) in [5.41, 5.74) is 0.362. The second-order valence-electron chi connectivity index (χ2n) is 5.51. The van der Waals surface area contributed by atoms with E-state index in [1.807, 2.05) is 0 Å². The first kappa shape index (κ1) is 20.5. The molecule has 0 saturated heterocycles. The van der Waals surface area contributed by atoms with Crippen molar-refractivity contribution >= 4 is 17.8 Å². The highest BCUT2D eigenvalue weighted by molar-refractivity contribution is 5.79. The quantitative estimate of drug-likeness (QED) is 0.672. The highest BCUT2D eigenvalue weighted by Gasteiger charge is 2.16. The Bertz CT molecular complexity index is 623. The molecule has 6 nitrogen and oxygen atoms in total. The summed E-state index contributed by atoms with van der Waals surface area (Å²) in [7, 11) is 0. The molecule has 1 aromatic carbocycles. The van der Waals surface area contributed by atoms with Gasteiger partial charge in [0, 0.05) is 32.5 Å². The number of benzene rings is 1. The Morgan fingerprint density at radius 2 is 1.84 bits per heavy atom. The molecule has 0 heterocycles. The fourth-order valence-corrected chi connectivity index (χ4v) is 2.22. The van der Waals surface area contributed by atoms with E-state index in [1.165, 1.54) is 11.0 Å². The van der Waals surface area contributed by atoms with Crippen molar-refractivity contribution in [3.8, 4) is 0 Å². The zero-order chi connectivity index (χ0) is 18.8. The Labute approximate surface area is 144 Å². The zero-order valence-electron chi connectivity index (χ0n) is 14.1. The van der Waals surface area contributed by atoms with E-state index in [2.05, 4.69) is 5.32 Å². The number of hydrogen-bond acceptors (Lipinski definition) is 3. The Hall–Kier alpha value is -2.51. The average molecular weight is 356 g/mol. The van der Waals surface area contributed by atoms with Crippen LogP contribution in [0.25, 0.3) is 0 Å². The molecular weight excluding hydrogens is 334 g/mol. The van der Waals surface area contributed by atoms with E-state index in [9.17, 15) is 23.2 Å². The number of nitrogens with zero attached hydrogens (tertiary/aromatic N) is 1. The Morgan fingerprint density at radius 1 is 1.12 bits per heavy atom. The number of hydrogen-bond donors (Lipinski definition) is 2. The highest BCUT2D eigenvalue weighted by Crippen LogP contribution is 2.13. The van der Waals surface area contributed by atoms with Crippen LogP contribution in [0.3, 0.4) is 0 Å². The van der Waals surface area contributed by atoms with Crippen molar-refractivity contribution in [3.63, 3.8) is 0 Å². The van der Waals surface area contributed by atoms with Gasteiger partial charge < -0.3 is 15.3 Å². The first-order valence-electron chi connectivity index (χ1n) is 8.03. The Morgan fingerprint density at radius 3 is 2.44 bits per heavy atom. The number of amides is 2. The van der Waals surface area contributed by atoms with Gasteiger partial charge in [0.2, 0.25) is 11.8 Å². The van der Waals surface area contributed by atoms with Gasteiger partial charge in [0.15, 0.2) is 11.6 Å². The minimum absolute atomic E-state index is 0.0233. The lowest BCUT2D eigenvalue weighted by Gasteiger charge is -2.22. The molecule has 2 N–H and O–H groups in total. The van der Waals surface area contributed by atoms with Gasteiger partial charge in [0.25, 0.3) is 0 Å². The molecular formula is C17H22F2N2O4. The molecule has 0 atom stereocenters. The molecule has 0 unspecified atom stereocenters. The Kier molecular flexibility index (Phi) is 8.52. The molecule has 8 heteroatoms. The maximum absolute atomic E-state index is 13.3. The standard InChI is InChI=1S/C17H22F2N2O4/c1-2-20-15(22)4-3-5-16(23)21(9-8-17(24)25)11-12-6-7-13(18)14(19)10-12/h6-7,10H,2-5,8-9,11H2,1H3,(H,20,22)(H,24,25). The predicted octanol–water partition coefficient (Wildman–Crippen LogP) is 2.07. The summed E-state index contributed by atoms with van der Waals surface area (Å²) in [5.74, 6) is -3.58. The normalized spacial score (nSPS) is 10.4. The molecule has 0 radical (unpaired) electrons. The minimum atomic E-state index is -1.06. The molecule has 0 aliphatic carbocycles. The fourth-order valence-electron chi connectivity index (χ4n) is 2.22. The average Bonchev–Trinajstić information content (AvgIpc) is 2.54. The van der Waals surface area contributed by atoms with Crippen molar-refractivity contribution in [2.75, 3.05) is 13.1 Å². The fraction of sp³-hybridized carbons (Fsp3) is 0.471. The molecule has 1 aromatic rings. The molecule has 0 spiro atoms. The van der Waals surface area contributed by atoms with Crippen molar-refractivity contribution in [1.29, 1.82) is 0 Å². The maximum Gasteiger partial charge on any atom is 0.305 e. The van der Waals surface area contributed by atoms with Crippen molar-refractivity contribution < 1.29 is 28.3 Å². The number of aliphatic carboxylic acids is 1. The van der Waals surface area contributed by atoms with Gasteiger partial charge in [0.1, 0.15) is 0 Å². The van der Waals surface area contributed by atoms with Crippen LogP contribution < -0.4 is 5.32 Å². The van der Waals surface area contributed by atoms with Crippen LogP contribution >= 0.6 is 0 Å². The lowest BCUT2D eigenvalue weighted by atomic mass is 10.1. The second-order valence-corrected chi connectivity index (χ2v) is 5.51. The number of carbonyl (C=O) groups is 3. The van der Waals surface area contributed by atoms with E-state index < -0.39 is 17.6 Å². The molecule has 25 heavy (non-hydrogen) atoms. The van der Waals surface area contributed by atoms with E-state index in [0.717, 1.165) is 12.1 Å². The summed E-state index contributed by atoms with van der Waals surface area (Å²) in [4.78, 5) is 35.7. The lowest BCUT2D eigenvalue weighted by Crippen LogP contribution is -2.32. The van der Waals surface area contributed by atoms with Crippen molar-refractivity contribution in [1.82, 2.24) is 10.2 Å². The van der Waals surface area contributed by atoms with Crippen LogP contribution in [0, 0.1) is 11.6 Å². The minimum Gasteiger partial charge on any atom is -0.481 e. The Balaban J connectivity index is 2.67. The van der Waals surface area contributed by atoms with Gasteiger partial charge in [0.05, 0.1) is 6.42 Å². The molecule has 138 valence electrons. The number of halogens is 2. The molecule has 0 saturated carbocycles. The topological polar surface area (TPSA) is 86.7 Å². The van der Waals surface area contributed by atoms with Crippen molar-refractivity contribution in [2.45, 2.75) is 39.2 Å². The molecule has 2 amide bonds. The van der Waals surface area contributed by atoms with Crippen LogP contribution in [0.2, 0.25) is 0 Å². The maximum atomic E-state index is 13.3. The first-order chi connectivity index (χ1) is 11.8. The van der Waals surface area contributed by atoms with Crippen molar-refractivity contribution in [3.05, 3.63) is 35.4 Å². The van der Waals surface area contributed by atoms with Crippen LogP contribution in [0.15, 0.2) is 18.2 Å². The molecule has 0 aromatic heterocycles. The zero-order valence-corrected chi connectivity index (χ0v) is 14.1. The van der Waals surface area contributed by atoms with Crippen LogP contribution in [0.5, 0.6) is 0 Å². The second kappa shape index (κ2) is 10.4. The monoisotopic (exact) mass is 356 g/mol. The van der Waals surface area contributed by atoms with Gasteiger partial charge in [-0.2, -0.15) is 0 Å². The van der Waals surface area contributed by atoms with Gasteiger partial charge in [-0.3, -0.25) is 14.4 Å². The largest absolute Gasteiger partial charge is 0.481 e. The summed E-state index contributed by atoms with van der Waals surface area (Å²) in [6.45, 7) is 2.23.